The smallest absolute Gasteiger partial charge is 0.323 e. The minimum atomic E-state index is -1.01. The number of amides is 1. The lowest BCUT2D eigenvalue weighted by Crippen LogP contribution is -2.39. The lowest BCUT2D eigenvalue weighted by atomic mass is 9.87. The van der Waals surface area contributed by atoms with Crippen molar-refractivity contribution in [2.24, 2.45) is 5.92 Å². The minimum Gasteiger partial charge on any atom is -0.493 e. The number of fused-ring (bicyclic) bond motifs is 2. The van der Waals surface area contributed by atoms with Crippen molar-refractivity contribution < 1.29 is 19.4 Å². The minimum absolute atomic E-state index is 0.120. The van der Waals surface area contributed by atoms with Gasteiger partial charge in [-0.15, -0.1) is 0 Å². The van der Waals surface area contributed by atoms with E-state index >= 15 is 0 Å². The second-order valence-electron chi connectivity index (χ2n) is 6.66. The first-order chi connectivity index (χ1) is 12.1. The third kappa shape index (κ3) is 2.65. The molecule has 5 nitrogen and oxygen atoms in total. The Hall–Kier alpha value is -2.82. The van der Waals surface area contributed by atoms with Crippen LogP contribution in [0.5, 0.6) is 5.75 Å². The van der Waals surface area contributed by atoms with Gasteiger partial charge >= 0.3 is 5.97 Å². The SMILES string of the molecule is O=C(O)CN(C(=O)C1CC12CCOc1ccccc12)c1ccccc1. The van der Waals surface area contributed by atoms with Crippen LogP contribution in [0, 0.1) is 5.92 Å². The molecule has 1 aliphatic heterocycles. The van der Waals surface area contributed by atoms with Crippen LogP contribution >= 0.6 is 0 Å². The number of carbonyl (C=O) groups is 2. The zero-order valence-electron chi connectivity index (χ0n) is 13.7. The van der Waals surface area contributed by atoms with Crippen LogP contribution in [0.1, 0.15) is 18.4 Å². The van der Waals surface area contributed by atoms with Gasteiger partial charge in [-0.2, -0.15) is 0 Å². The van der Waals surface area contributed by atoms with Crippen molar-refractivity contribution in [3.63, 3.8) is 0 Å². The average Bonchev–Trinajstić information content (AvgIpc) is 3.35. The summed E-state index contributed by atoms with van der Waals surface area (Å²) in [6.07, 6.45) is 1.53. The van der Waals surface area contributed by atoms with Crippen LogP contribution in [0.15, 0.2) is 54.6 Å². The molecule has 2 aliphatic rings. The lowest BCUT2D eigenvalue weighted by molar-refractivity contribution is -0.136. The number of anilines is 1. The number of benzene rings is 2. The zero-order chi connectivity index (χ0) is 17.4. The number of carboxylic acids is 1. The molecule has 1 amide bonds. The number of hydrogen-bond acceptors (Lipinski definition) is 3. The Balaban J connectivity index is 1.64. The molecule has 1 saturated carbocycles. The Kier molecular flexibility index (Phi) is 3.71. The van der Waals surface area contributed by atoms with Gasteiger partial charge in [0.15, 0.2) is 0 Å². The second kappa shape index (κ2) is 5.92. The summed E-state index contributed by atoms with van der Waals surface area (Å²) in [5, 5.41) is 9.24. The molecule has 2 aromatic carbocycles. The second-order valence-corrected chi connectivity index (χ2v) is 6.66. The first-order valence-corrected chi connectivity index (χ1v) is 8.42. The van der Waals surface area contributed by atoms with Crippen molar-refractivity contribution in [3.8, 4) is 5.75 Å². The van der Waals surface area contributed by atoms with Gasteiger partial charge in [-0.05, 0) is 31.0 Å². The van der Waals surface area contributed by atoms with E-state index in [1.165, 1.54) is 4.90 Å². The molecule has 0 aromatic heterocycles. The molecule has 2 atom stereocenters. The predicted octanol–water partition coefficient (Wildman–Crippen LogP) is 2.84. The van der Waals surface area contributed by atoms with Gasteiger partial charge < -0.3 is 14.7 Å². The summed E-state index contributed by atoms with van der Waals surface area (Å²) in [6.45, 7) is 0.263. The molecule has 1 aliphatic carbocycles. The van der Waals surface area contributed by atoms with E-state index in [0.717, 1.165) is 24.2 Å². The number of rotatable bonds is 4. The van der Waals surface area contributed by atoms with Crippen molar-refractivity contribution in [2.45, 2.75) is 18.3 Å². The van der Waals surface area contributed by atoms with E-state index in [4.69, 9.17) is 4.74 Å². The van der Waals surface area contributed by atoms with Crippen LogP contribution in [0.25, 0.3) is 0 Å². The normalized spacial score (nSPS) is 23.4. The highest BCUT2D eigenvalue weighted by Crippen LogP contribution is 2.61. The van der Waals surface area contributed by atoms with E-state index in [1.807, 2.05) is 42.5 Å². The van der Waals surface area contributed by atoms with Gasteiger partial charge in [0.05, 0.1) is 6.61 Å². The van der Waals surface area contributed by atoms with Gasteiger partial charge in [-0.1, -0.05) is 36.4 Å². The van der Waals surface area contributed by atoms with Gasteiger partial charge in [0.25, 0.3) is 0 Å². The Labute approximate surface area is 145 Å². The molecule has 1 fully saturated rings. The molecular weight excluding hydrogens is 318 g/mol. The molecule has 2 aromatic rings. The monoisotopic (exact) mass is 337 g/mol. The Morgan fingerprint density at radius 1 is 1.12 bits per heavy atom. The maximum Gasteiger partial charge on any atom is 0.323 e. The summed E-state index contributed by atoms with van der Waals surface area (Å²) in [5.41, 5.74) is 1.48. The van der Waals surface area contributed by atoms with Crippen molar-refractivity contribution >= 4 is 17.6 Å². The van der Waals surface area contributed by atoms with E-state index in [-0.39, 0.29) is 23.8 Å². The largest absolute Gasteiger partial charge is 0.493 e. The summed E-state index contributed by atoms with van der Waals surface area (Å²) in [7, 11) is 0. The molecule has 0 radical (unpaired) electrons. The zero-order valence-corrected chi connectivity index (χ0v) is 13.7. The fraction of sp³-hybridized carbons (Fsp3) is 0.300. The molecule has 1 spiro atoms. The highest BCUT2D eigenvalue weighted by atomic mass is 16.5. The maximum atomic E-state index is 13.1. The molecule has 2 unspecified atom stereocenters. The summed E-state index contributed by atoms with van der Waals surface area (Å²) < 4.78 is 5.72. The number of hydrogen-bond donors (Lipinski definition) is 1. The van der Waals surface area contributed by atoms with Crippen LogP contribution in [-0.2, 0) is 15.0 Å². The van der Waals surface area contributed by atoms with Crippen molar-refractivity contribution in [1.29, 1.82) is 0 Å². The molecule has 4 rings (SSSR count). The van der Waals surface area contributed by atoms with Crippen LogP contribution in [0.2, 0.25) is 0 Å². The molecule has 1 heterocycles. The van der Waals surface area contributed by atoms with E-state index in [2.05, 4.69) is 0 Å². The third-order valence-corrected chi connectivity index (χ3v) is 5.23. The molecule has 25 heavy (non-hydrogen) atoms. The van der Waals surface area contributed by atoms with Gasteiger partial charge in [0.2, 0.25) is 5.91 Å². The summed E-state index contributed by atoms with van der Waals surface area (Å²) >= 11 is 0. The predicted molar refractivity (Wildman–Crippen MR) is 92.8 cm³/mol. The van der Waals surface area contributed by atoms with Crippen LogP contribution in [0.3, 0.4) is 0 Å². The summed E-state index contributed by atoms with van der Waals surface area (Å²) in [5.74, 6) is -0.491. The van der Waals surface area contributed by atoms with E-state index in [0.29, 0.717) is 12.3 Å². The highest BCUT2D eigenvalue weighted by molar-refractivity contribution is 6.01. The van der Waals surface area contributed by atoms with Gasteiger partial charge in [0, 0.05) is 22.6 Å². The molecule has 5 heteroatoms. The first kappa shape index (κ1) is 15.7. The summed E-state index contributed by atoms with van der Waals surface area (Å²) in [4.78, 5) is 25.8. The Bertz CT molecular complexity index is 819. The molecule has 1 N–H and O–H groups in total. The van der Waals surface area contributed by atoms with E-state index in [9.17, 15) is 14.7 Å². The maximum absolute atomic E-state index is 13.1. The molecule has 128 valence electrons. The quantitative estimate of drug-likeness (QED) is 0.932. The Morgan fingerprint density at radius 2 is 1.84 bits per heavy atom. The van der Waals surface area contributed by atoms with Crippen molar-refractivity contribution in [3.05, 3.63) is 60.2 Å². The number of para-hydroxylation sites is 2. The molecule has 0 saturated heterocycles. The fourth-order valence-corrected chi connectivity index (χ4v) is 3.91. The van der Waals surface area contributed by atoms with Gasteiger partial charge in [0.1, 0.15) is 12.3 Å². The van der Waals surface area contributed by atoms with Crippen LogP contribution in [0.4, 0.5) is 5.69 Å². The standard InChI is InChI=1S/C20H19NO4/c22-18(23)13-21(14-6-2-1-3-7-14)19(24)16-12-20(16)10-11-25-17-9-5-4-8-15(17)20/h1-9,16H,10-13H2,(H,22,23). The number of ether oxygens (including phenoxy) is 1. The van der Waals surface area contributed by atoms with Gasteiger partial charge in [-0.3, -0.25) is 9.59 Å². The van der Waals surface area contributed by atoms with E-state index in [1.54, 1.807) is 12.1 Å². The van der Waals surface area contributed by atoms with E-state index < -0.39 is 5.97 Å². The fourth-order valence-electron chi connectivity index (χ4n) is 3.91. The average molecular weight is 337 g/mol. The van der Waals surface area contributed by atoms with Crippen molar-refractivity contribution in [1.82, 2.24) is 0 Å². The summed E-state index contributed by atoms with van der Waals surface area (Å²) in [6, 6.07) is 16.9. The third-order valence-electron chi connectivity index (χ3n) is 5.23. The van der Waals surface area contributed by atoms with Gasteiger partial charge in [-0.25, -0.2) is 0 Å². The number of aliphatic carboxylic acids is 1. The molecular formula is C20H19NO4. The Morgan fingerprint density at radius 3 is 2.60 bits per heavy atom. The van der Waals surface area contributed by atoms with Crippen molar-refractivity contribution in [2.75, 3.05) is 18.1 Å². The number of carbonyl (C=O) groups excluding carboxylic acids is 1. The van der Waals surface area contributed by atoms with Crippen LogP contribution in [-0.4, -0.2) is 30.1 Å². The van der Waals surface area contributed by atoms with Crippen LogP contribution < -0.4 is 9.64 Å². The highest BCUT2D eigenvalue weighted by Gasteiger charge is 2.62. The topological polar surface area (TPSA) is 66.8 Å². The molecule has 0 bridgehead atoms. The first-order valence-electron chi connectivity index (χ1n) is 8.42. The lowest BCUT2D eigenvalue weighted by Gasteiger charge is -2.28. The number of nitrogens with zero attached hydrogens (tertiary/aromatic N) is 1. The number of carboxylic acid groups (broad SMARTS) is 1.